The summed E-state index contributed by atoms with van der Waals surface area (Å²) in [5, 5.41) is 5.04. The number of ether oxygens (including phenoxy) is 1. The number of anilines is 1. The smallest absolute Gasteiger partial charge is 0.381 e. The average Bonchev–Trinajstić information content (AvgIpc) is 3.60. The van der Waals surface area contributed by atoms with Crippen LogP contribution >= 0.6 is 0 Å². The van der Waals surface area contributed by atoms with Crippen LogP contribution < -0.4 is 16.2 Å². The molecule has 3 aromatic carbocycles. The van der Waals surface area contributed by atoms with Crippen LogP contribution in [-0.2, 0) is 16.7 Å². The number of aromatic amines is 1. The van der Waals surface area contributed by atoms with Gasteiger partial charge in [0.25, 0.3) is 11.5 Å². The van der Waals surface area contributed by atoms with Gasteiger partial charge >= 0.3 is 11.8 Å². The summed E-state index contributed by atoms with van der Waals surface area (Å²) in [6.07, 6.45) is 2.65. The number of benzene rings is 3. The fourth-order valence-corrected chi connectivity index (χ4v) is 10.3. The van der Waals surface area contributed by atoms with E-state index >= 15 is 9.18 Å². The molecule has 0 unspecified atom stereocenters. The second kappa shape index (κ2) is 14.9. The van der Waals surface area contributed by atoms with Crippen molar-refractivity contribution in [3.05, 3.63) is 138 Å². The summed E-state index contributed by atoms with van der Waals surface area (Å²) in [6.45, 7) is 11.5. The average molecular weight is 843 g/mol. The number of carbonyl (C=O) groups is 2. The number of amides is 3. The number of halogens is 1. The summed E-state index contributed by atoms with van der Waals surface area (Å²) in [6, 6.07) is 20.0. The van der Waals surface area contributed by atoms with Gasteiger partial charge in [-0.05, 0) is 118 Å². The SMILES string of the molecule is Cc1cc(-n2c(N3CCN([C@@H](C)c4ccccc4)C3=O)nc3c(c2=O)CCN(C(=O)c2cc4cc(C5CCOCC5)ccc4n2[C@@]2(c4noc(=O)[nH]4)C[C@@H]2C)[C@H]3C)cc(C)c1F.[HH]. The summed E-state index contributed by atoms with van der Waals surface area (Å²) < 4.78 is 29.1. The molecule has 6 aromatic rings. The Morgan fingerprint density at radius 2 is 1.69 bits per heavy atom. The van der Waals surface area contributed by atoms with Crippen molar-refractivity contribution in [2.24, 2.45) is 5.92 Å². The maximum atomic E-state index is 15.3. The molecule has 322 valence electrons. The molecular weight excluding hydrogens is 792 g/mol. The number of carbonyl (C=O) groups excluding carboxylic acids is 2. The van der Waals surface area contributed by atoms with Crippen molar-refractivity contribution in [2.75, 3.05) is 37.7 Å². The van der Waals surface area contributed by atoms with E-state index < -0.39 is 17.3 Å². The molecule has 10 rings (SSSR count). The molecule has 1 aliphatic carbocycles. The molecule has 62 heavy (non-hydrogen) atoms. The van der Waals surface area contributed by atoms with Crippen LogP contribution in [0.4, 0.5) is 15.1 Å². The third-order valence-corrected chi connectivity index (χ3v) is 13.9. The lowest BCUT2D eigenvalue weighted by atomic mass is 9.91. The van der Waals surface area contributed by atoms with Crippen LogP contribution in [0.25, 0.3) is 16.6 Å². The van der Waals surface area contributed by atoms with Crippen LogP contribution in [0.1, 0.15) is 109 Å². The Hall–Kier alpha value is -6.35. The van der Waals surface area contributed by atoms with Gasteiger partial charge in [0.2, 0.25) is 5.95 Å². The van der Waals surface area contributed by atoms with E-state index in [0.717, 1.165) is 29.3 Å². The van der Waals surface area contributed by atoms with E-state index in [0.29, 0.717) is 71.7 Å². The first-order valence-electron chi connectivity index (χ1n) is 21.5. The maximum absolute atomic E-state index is 15.3. The van der Waals surface area contributed by atoms with Gasteiger partial charge in [0.05, 0.1) is 23.5 Å². The molecule has 6 heterocycles. The van der Waals surface area contributed by atoms with E-state index in [2.05, 4.69) is 35.3 Å². The molecule has 3 aromatic heterocycles. The molecule has 3 amide bonds. The third-order valence-electron chi connectivity index (χ3n) is 13.9. The zero-order chi connectivity index (χ0) is 43.2. The van der Waals surface area contributed by atoms with Crippen LogP contribution in [0.5, 0.6) is 0 Å². The number of aromatic nitrogens is 5. The number of hydrogen-bond acceptors (Lipinski definition) is 8. The molecule has 0 spiro atoms. The van der Waals surface area contributed by atoms with Crippen LogP contribution in [-0.4, -0.2) is 78.8 Å². The summed E-state index contributed by atoms with van der Waals surface area (Å²) >= 11 is 0. The Kier molecular flexibility index (Phi) is 9.57. The molecule has 1 saturated carbocycles. The lowest BCUT2D eigenvalue weighted by molar-refractivity contribution is 0.0658. The Balaban J connectivity index is 0.00000504. The van der Waals surface area contributed by atoms with Crippen molar-refractivity contribution in [3.63, 3.8) is 0 Å². The van der Waals surface area contributed by atoms with Crippen molar-refractivity contribution in [1.82, 2.24) is 34.1 Å². The van der Waals surface area contributed by atoms with E-state index in [-0.39, 0.29) is 62.2 Å². The normalized spacial score (nSPS) is 22.1. The molecule has 2 saturated heterocycles. The second-order valence-electron chi connectivity index (χ2n) is 17.5. The van der Waals surface area contributed by atoms with Gasteiger partial charge in [0.15, 0.2) is 5.82 Å². The number of rotatable bonds is 8. The molecule has 1 N–H and O–H groups in total. The van der Waals surface area contributed by atoms with Crippen LogP contribution in [0, 0.1) is 25.6 Å². The highest BCUT2D eigenvalue weighted by Gasteiger charge is 2.59. The number of nitrogens with zero attached hydrogens (tertiary/aromatic N) is 7. The van der Waals surface area contributed by atoms with Crippen molar-refractivity contribution >= 4 is 28.8 Å². The fourth-order valence-electron chi connectivity index (χ4n) is 10.3. The predicted molar refractivity (Wildman–Crippen MR) is 232 cm³/mol. The molecule has 15 heteroatoms. The van der Waals surface area contributed by atoms with Gasteiger partial charge in [0.1, 0.15) is 17.1 Å². The number of nitrogens with one attached hydrogen (secondary N) is 1. The van der Waals surface area contributed by atoms with Gasteiger partial charge in [-0.25, -0.2) is 23.5 Å². The molecule has 4 aliphatic rings. The van der Waals surface area contributed by atoms with Crippen LogP contribution in [0.2, 0.25) is 0 Å². The third kappa shape index (κ3) is 6.22. The standard InChI is InChI=1S/C47H49FN8O6.H2/c1-26-21-35(22-27(2)39(26)48)55-41(57)36-13-16-52(30(5)40(36)49-44(55)54-18-17-53(46(54)60)29(4)31-9-7-6-8-10-31)42(58)38-24-34-23-33(32-14-19-61-20-15-32)11-12-37(34)56(38)47(25-28(47)3)43-50-45(59)62-51-43;/h6-12,21-24,28-30,32H,13-20,25H2,1-5H3,(H,50,51,59);1H/t28-,29-,30-,47-;/m0./s1. The first kappa shape index (κ1) is 39.8. The quantitative estimate of drug-likeness (QED) is 0.168. The zero-order valence-electron chi connectivity index (χ0n) is 35.5. The fraction of sp³-hybridized carbons (Fsp3) is 0.404. The van der Waals surface area contributed by atoms with Gasteiger partial charge in [-0.3, -0.25) is 24.0 Å². The minimum absolute atomic E-state index is 0. The van der Waals surface area contributed by atoms with E-state index in [9.17, 15) is 14.4 Å². The second-order valence-corrected chi connectivity index (χ2v) is 17.5. The Labute approximate surface area is 358 Å². The lowest BCUT2D eigenvalue weighted by Gasteiger charge is -2.36. The van der Waals surface area contributed by atoms with Gasteiger partial charge < -0.3 is 19.1 Å². The summed E-state index contributed by atoms with van der Waals surface area (Å²) in [7, 11) is 0. The first-order chi connectivity index (χ1) is 29.9. The van der Waals surface area contributed by atoms with Gasteiger partial charge in [-0.15, -0.1) is 0 Å². The number of urea groups is 1. The summed E-state index contributed by atoms with van der Waals surface area (Å²) in [5.74, 6) is -0.486. The van der Waals surface area contributed by atoms with Crippen LogP contribution in [0.3, 0.4) is 0 Å². The molecule has 3 aliphatic heterocycles. The number of hydrogen-bond donors (Lipinski definition) is 1. The Morgan fingerprint density at radius 1 is 0.968 bits per heavy atom. The van der Waals surface area contributed by atoms with Gasteiger partial charge in [0, 0.05) is 50.7 Å². The van der Waals surface area contributed by atoms with Crippen molar-refractivity contribution in [2.45, 2.75) is 83.8 Å². The monoisotopic (exact) mass is 842 g/mol. The predicted octanol–water partition coefficient (Wildman–Crippen LogP) is 7.31. The molecule has 3 fully saturated rings. The largest absolute Gasteiger partial charge is 0.438 e. The number of H-pyrrole nitrogens is 1. The number of aryl methyl sites for hydroxylation is 2. The van der Waals surface area contributed by atoms with E-state index in [4.69, 9.17) is 14.2 Å². The van der Waals surface area contributed by atoms with Crippen molar-refractivity contribution < 1.29 is 24.7 Å². The molecule has 0 bridgehead atoms. The minimum Gasteiger partial charge on any atom is -0.381 e. The summed E-state index contributed by atoms with van der Waals surface area (Å²) in [5.41, 5.74) is 4.16. The Morgan fingerprint density at radius 3 is 2.37 bits per heavy atom. The topological polar surface area (TPSA) is 152 Å². The lowest BCUT2D eigenvalue weighted by Crippen LogP contribution is -2.45. The minimum atomic E-state index is -0.834. The van der Waals surface area contributed by atoms with E-state index in [1.807, 2.05) is 54.8 Å². The van der Waals surface area contributed by atoms with Crippen molar-refractivity contribution in [1.29, 1.82) is 0 Å². The maximum Gasteiger partial charge on any atom is 0.438 e. The molecule has 14 nitrogen and oxygen atoms in total. The highest BCUT2D eigenvalue weighted by molar-refractivity contribution is 6.00. The van der Waals surface area contributed by atoms with Crippen molar-refractivity contribution in [3.8, 4) is 5.69 Å². The molecule has 0 radical (unpaired) electrons. The zero-order valence-corrected chi connectivity index (χ0v) is 35.5. The molecular formula is C47H51FN8O6. The highest BCUT2D eigenvalue weighted by Crippen LogP contribution is 2.56. The van der Waals surface area contributed by atoms with E-state index in [1.165, 1.54) is 15.0 Å². The van der Waals surface area contributed by atoms with Gasteiger partial charge in [-0.2, -0.15) is 0 Å². The Bertz CT molecular complexity index is 2880. The van der Waals surface area contributed by atoms with E-state index in [1.54, 1.807) is 35.8 Å². The molecule has 4 atom stereocenters. The van der Waals surface area contributed by atoms with Crippen LogP contribution in [0.15, 0.2) is 80.8 Å². The summed E-state index contributed by atoms with van der Waals surface area (Å²) in [4.78, 5) is 70.0. The highest BCUT2D eigenvalue weighted by atomic mass is 19.1. The number of fused-ring (bicyclic) bond motifs is 2. The van der Waals surface area contributed by atoms with Gasteiger partial charge in [-0.1, -0.05) is 48.5 Å². The first-order valence-corrected chi connectivity index (χ1v) is 21.5.